The molecule has 5 heteroatoms. The van der Waals surface area contributed by atoms with Crippen LogP contribution in [0.2, 0.25) is 0 Å². The first-order chi connectivity index (χ1) is 36.8. The molecule has 0 radical (unpaired) electrons. The molecule has 12 rings (SSSR count). The van der Waals surface area contributed by atoms with E-state index in [0.717, 1.165) is 93.5 Å². The van der Waals surface area contributed by atoms with Gasteiger partial charge in [-0.1, -0.05) is 168 Å². The molecule has 0 aliphatic carbocycles. The smallest absolute Gasteiger partial charge is 0.123 e. The standard InChI is InChI=1S/C73H71F2N3/c1-69(2,3)46-29-33-60-56(39-46)57-40-47(70(4,5)6)30-34-61(57)76(60)67-54(44-21-19-23-50(74)37-44)43-55(45-22-20-24-51(75)38-45)68(66(67)73(13,14)78-64-27-17-15-25-52(64)53-26-16-18-28-65(53)78)77-62-35-31-48(71(7,8)9)41-58(62)59-42-49(72(10,11)12)32-36-63(59)77/h15-43H,1-14H3. The molecule has 0 aliphatic heterocycles. The first-order valence-electron chi connectivity index (χ1n) is 27.7. The van der Waals surface area contributed by atoms with Crippen LogP contribution in [0, 0.1) is 11.6 Å². The van der Waals surface area contributed by atoms with E-state index >= 15 is 8.78 Å². The summed E-state index contributed by atoms with van der Waals surface area (Å²) >= 11 is 0. The fourth-order valence-electron chi connectivity index (χ4n) is 12.5. The van der Waals surface area contributed by atoms with E-state index in [2.05, 4.69) is 238 Å². The summed E-state index contributed by atoms with van der Waals surface area (Å²) < 4.78 is 40.2. The minimum atomic E-state index is -0.919. The number of nitrogens with zero attached hydrogens (tertiary/aromatic N) is 3. The fraction of sp³-hybridized carbons (Fsp3) is 0.260. The maximum atomic E-state index is 16.3. The molecule has 392 valence electrons. The molecule has 0 amide bonds. The molecule has 12 aromatic rings. The topological polar surface area (TPSA) is 14.8 Å². The monoisotopic (exact) mass is 1030 g/mol. The molecule has 0 fully saturated rings. The Bertz CT molecular complexity index is 4000. The van der Waals surface area contributed by atoms with Crippen molar-refractivity contribution < 1.29 is 8.78 Å². The highest BCUT2D eigenvalue weighted by molar-refractivity contribution is 6.14. The van der Waals surface area contributed by atoms with Crippen LogP contribution >= 0.6 is 0 Å². The van der Waals surface area contributed by atoms with Gasteiger partial charge in [-0.25, -0.2) is 8.78 Å². The van der Waals surface area contributed by atoms with Crippen LogP contribution in [-0.4, -0.2) is 13.7 Å². The van der Waals surface area contributed by atoms with Crippen LogP contribution in [0.25, 0.3) is 99.0 Å². The molecule has 0 aliphatic rings. The zero-order valence-electron chi connectivity index (χ0n) is 47.8. The molecule has 0 saturated heterocycles. The van der Waals surface area contributed by atoms with Gasteiger partial charge in [0, 0.05) is 60.0 Å². The summed E-state index contributed by atoms with van der Waals surface area (Å²) in [7, 11) is 0. The van der Waals surface area contributed by atoms with Crippen molar-refractivity contribution in [2.24, 2.45) is 0 Å². The van der Waals surface area contributed by atoms with Crippen LogP contribution in [0.4, 0.5) is 8.78 Å². The lowest BCUT2D eigenvalue weighted by Crippen LogP contribution is -2.31. The molecule has 9 aromatic carbocycles. The van der Waals surface area contributed by atoms with Crippen molar-refractivity contribution in [1.29, 1.82) is 0 Å². The van der Waals surface area contributed by atoms with Gasteiger partial charge in [0.25, 0.3) is 0 Å². The highest BCUT2D eigenvalue weighted by Gasteiger charge is 2.39. The van der Waals surface area contributed by atoms with Gasteiger partial charge in [0.1, 0.15) is 11.6 Å². The van der Waals surface area contributed by atoms with Crippen molar-refractivity contribution in [3.8, 4) is 33.6 Å². The third-order valence-electron chi connectivity index (χ3n) is 16.7. The van der Waals surface area contributed by atoms with Crippen LogP contribution in [0.3, 0.4) is 0 Å². The van der Waals surface area contributed by atoms with E-state index in [1.165, 1.54) is 34.4 Å². The van der Waals surface area contributed by atoms with Crippen molar-refractivity contribution in [1.82, 2.24) is 13.7 Å². The van der Waals surface area contributed by atoms with E-state index in [1.54, 1.807) is 12.1 Å². The normalized spacial score (nSPS) is 13.1. The number of benzene rings is 9. The van der Waals surface area contributed by atoms with Gasteiger partial charge in [0.2, 0.25) is 0 Å². The lowest BCUT2D eigenvalue weighted by molar-refractivity contribution is 0.462. The lowest BCUT2D eigenvalue weighted by Gasteiger charge is -2.37. The lowest BCUT2D eigenvalue weighted by atomic mass is 9.82. The van der Waals surface area contributed by atoms with Crippen LogP contribution in [-0.2, 0) is 27.2 Å². The van der Waals surface area contributed by atoms with Crippen LogP contribution in [0.15, 0.2) is 176 Å². The Morgan fingerprint density at radius 1 is 0.295 bits per heavy atom. The summed E-state index contributed by atoms with van der Waals surface area (Å²) in [6.07, 6.45) is 0. The molecule has 0 atom stereocenters. The summed E-state index contributed by atoms with van der Waals surface area (Å²) in [5, 5.41) is 6.88. The van der Waals surface area contributed by atoms with E-state index in [0.29, 0.717) is 11.1 Å². The zero-order valence-corrected chi connectivity index (χ0v) is 47.8. The third kappa shape index (κ3) is 8.18. The molecule has 3 aromatic heterocycles. The van der Waals surface area contributed by atoms with E-state index in [9.17, 15) is 0 Å². The van der Waals surface area contributed by atoms with Crippen molar-refractivity contribution in [3.63, 3.8) is 0 Å². The van der Waals surface area contributed by atoms with Gasteiger partial charge >= 0.3 is 0 Å². The molecule has 0 spiro atoms. The maximum absolute atomic E-state index is 16.3. The average Bonchev–Trinajstić information content (AvgIpc) is 3.61. The Labute approximate surface area is 458 Å². The highest BCUT2D eigenvalue weighted by Crippen LogP contribution is 2.53. The van der Waals surface area contributed by atoms with E-state index in [-0.39, 0.29) is 33.3 Å². The van der Waals surface area contributed by atoms with Crippen molar-refractivity contribution in [2.75, 3.05) is 0 Å². The summed E-state index contributed by atoms with van der Waals surface area (Å²) in [4.78, 5) is 0. The number of aromatic nitrogens is 3. The van der Waals surface area contributed by atoms with Crippen LogP contribution in [0.5, 0.6) is 0 Å². The second-order valence-electron chi connectivity index (χ2n) is 26.6. The molecular formula is C73H71F2N3. The summed E-state index contributed by atoms with van der Waals surface area (Å²) in [5.74, 6) is -0.673. The Balaban J connectivity index is 1.41. The average molecular weight is 1030 g/mol. The molecule has 3 nitrogen and oxygen atoms in total. The van der Waals surface area contributed by atoms with Crippen molar-refractivity contribution in [3.05, 3.63) is 215 Å². The quantitative estimate of drug-likeness (QED) is 0.158. The number of para-hydroxylation sites is 2. The largest absolute Gasteiger partial charge is 0.330 e. The Morgan fingerprint density at radius 3 is 0.923 bits per heavy atom. The molecule has 0 bridgehead atoms. The Morgan fingerprint density at radius 2 is 0.615 bits per heavy atom. The summed E-state index contributed by atoms with van der Waals surface area (Å²) in [6.45, 7) is 32.0. The fourth-order valence-corrected chi connectivity index (χ4v) is 12.5. The Hall–Kier alpha value is -7.76. The Kier molecular flexibility index (Phi) is 11.5. The van der Waals surface area contributed by atoms with Gasteiger partial charge in [-0.2, -0.15) is 0 Å². The second kappa shape index (κ2) is 17.6. The van der Waals surface area contributed by atoms with Crippen molar-refractivity contribution >= 4 is 65.4 Å². The van der Waals surface area contributed by atoms with Gasteiger partial charge < -0.3 is 13.7 Å². The SMILES string of the molecule is CC(C)(C)c1ccc2c(c1)c1cc(C(C)(C)C)ccc1n2-c1c(-c2cccc(F)c2)cc(-c2cccc(F)c2)c(-n2c3ccc(C(C)(C)C)cc3c3cc(C(C)(C)C)ccc32)c1C(C)(C)n1c2ccccc2c2ccccc21. The molecule has 78 heavy (non-hydrogen) atoms. The first-order valence-corrected chi connectivity index (χ1v) is 27.7. The molecule has 3 heterocycles. The predicted octanol–water partition coefficient (Wildman–Crippen LogP) is 20.6. The number of hydrogen-bond donors (Lipinski definition) is 0. The van der Waals surface area contributed by atoms with Gasteiger partial charge in [-0.15, -0.1) is 0 Å². The first kappa shape index (κ1) is 51.0. The predicted molar refractivity (Wildman–Crippen MR) is 329 cm³/mol. The molecule has 0 N–H and O–H groups in total. The van der Waals surface area contributed by atoms with E-state index < -0.39 is 5.54 Å². The third-order valence-corrected chi connectivity index (χ3v) is 16.7. The molecule has 0 saturated carbocycles. The maximum Gasteiger partial charge on any atom is 0.123 e. The van der Waals surface area contributed by atoms with Crippen LogP contribution in [0.1, 0.15) is 125 Å². The molecular weight excluding hydrogens is 957 g/mol. The van der Waals surface area contributed by atoms with E-state index in [4.69, 9.17) is 0 Å². The number of halogens is 2. The summed E-state index contributed by atoms with van der Waals surface area (Å²) in [6, 6.07) is 61.7. The van der Waals surface area contributed by atoms with Gasteiger partial charge in [0.05, 0.1) is 39.0 Å². The van der Waals surface area contributed by atoms with Gasteiger partial charge in [-0.05, 0) is 160 Å². The number of fused-ring (bicyclic) bond motifs is 9. The van der Waals surface area contributed by atoms with Gasteiger partial charge in [-0.3, -0.25) is 0 Å². The minimum absolute atomic E-state index is 0.128. The van der Waals surface area contributed by atoms with Gasteiger partial charge in [0.15, 0.2) is 0 Å². The second-order valence-corrected chi connectivity index (χ2v) is 26.6. The summed E-state index contributed by atoms with van der Waals surface area (Å²) in [5.41, 5.74) is 15.8. The minimum Gasteiger partial charge on any atom is -0.330 e. The van der Waals surface area contributed by atoms with Crippen molar-refractivity contribution in [2.45, 2.75) is 124 Å². The van der Waals surface area contributed by atoms with Crippen LogP contribution < -0.4 is 0 Å². The van der Waals surface area contributed by atoms with E-state index in [1.807, 2.05) is 24.3 Å². The number of hydrogen-bond acceptors (Lipinski definition) is 0. The highest BCUT2D eigenvalue weighted by atomic mass is 19.1. The zero-order chi connectivity index (χ0) is 55.2. The molecule has 0 unspecified atom stereocenters. The number of rotatable bonds is 6.